The fourth-order valence-electron chi connectivity index (χ4n) is 1.97. The molecule has 0 amide bonds. The zero-order valence-electron chi connectivity index (χ0n) is 8.36. The number of benzene rings is 1. The molecule has 0 saturated carbocycles. The first-order valence-electron chi connectivity index (χ1n) is 5.04. The molecule has 3 N–H and O–H groups in total. The van der Waals surface area contributed by atoms with Gasteiger partial charge in [-0.2, -0.15) is 5.48 Å². The van der Waals surface area contributed by atoms with Crippen LogP contribution < -0.4 is 11.2 Å². The normalized spacial score (nSPS) is 25.0. The Kier molecular flexibility index (Phi) is 2.82. The molecule has 2 unspecified atom stereocenters. The lowest BCUT2D eigenvalue weighted by molar-refractivity contribution is 0.0233. The van der Waals surface area contributed by atoms with Crippen molar-refractivity contribution in [2.24, 2.45) is 5.73 Å². The van der Waals surface area contributed by atoms with Gasteiger partial charge in [0.25, 0.3) is 0 Å². The fraction of sp³-hybridized carbons (Fsp3) is 0.455. The van der Waals surface area contributed by atoms with E-state index in [4.69, 9.17) is 10.6 Å². The summed E-state index contributed by atoms with van der Waals surface area (Å²) in [7, 11) is 0. The average molecular weight is 192 g/mol. The van der Waals surface area contributed by atoms with Gasteiger partial charge in [-0.25, -0.2) is 0 Å². The largest absolute Gasteiger partial charge is 0.324 e. The van der Waals surface area contributed by atoms with Crippen molar-refractivity contribution in [1.82, 2.24) is 5.48 Å². The predicted molar refractivity (Wildman–Crippen MR) is 55.5 cm³/mol. The van der Waals surface area contributed by atoms with Crippen LogP contribution in [0.25, 0.3) is 0 Å². The first kappa shape index (κ1) is 9.65. The third kappa shape index (κ3) is 1.66. The Hall–Kier alpha value is -0.900. The monoisotopic (exact) mass is 192 g/mol. The highest BCUT2D eigenvalue weighted by molar-refractivity contribution is 5.36. The summed E-state index contributed by atoms with van der Waals surface area (Å²) in [5.41, 5.74) is 11.6. The second-order valence-corrected chi connectivity index (χ2v) is 3.57. The highest BCUT2D eigenvalue weighted by Crippen LogP contribution is 2.36. The minimum absolute atomic E-state index is 0.143. The molecule has 0 bridgehead atoms. The van der Waals surface area contributed by atoms with Gasteiger partial charge in [0.1, 0.15) is 0 Å². The molecule has 2 rings (SSSR count). The summed E-state index contributed by atoms with van der Waals surface area (Å²) >= 11 is 0. The highest BCUT2D eigenvalue weighted by Gasteiger charge is 2.27. The fourth-order valence-corrected chi connectivity index (χ4v) is 1.97. The number of nitrogens with one attached hydrogen (secondary N) is 1. The first-order valence-corrected chi connectivity index (χ1v) is 5.04. The maximum atomic E-state index is 6.01. The lowest BCUT2D eigenvalue weighted by Crippen LogP contribution is -2.20. The van der Waals surface area contributed by atoms with Crippen LogP contribution >= 0.6 is 0 Å². The van der Waals surface area contributed by atoms with Gasteiger partial charge in [0.05, 0.1) is 12.6 Å². The second-order valence-electron chi connectivity index (χ2n) is 3.57. The maximum Gasteiger partial charge on any atom is 0.0654 e. The Morgan fingerprint density at radius 2 is 2.14 bits per heavy atom. The van der Waals surface area contributed by atoms with Crippen LogP contribution in [0.3, 0.4) is 0 Å². The molecule has 1 aromatic carbocycles. The molecule has 0 fully saturated rings. The third-order valence-corrected chi connectivity index (χ3v) is 2.63. The van der Waals surface area contributed by atoms with Crippen molar-refractivity contribution in [2.75, 3.05) is 6.61 Å². The molecule has 0 aliphatic heterocycles. The molecule has 0 radical (unpaired) electrons. The number of rotatable bonds is 3. The summed E-state index contributed by atoms with van der Waals surface area (Å²) in [6.07, 6.45) is 0.916. The highest BCUT2D eigenvalue weighted by atomic mass is 16.6. The van der Waals surface area contributed by atoms with Gasteiger partial charge >= 0.3 is 0 Å². The summed E-state index contributed by atoms with van der Waals surface area (Å²) in [6, 6.07) is 8.66. The van der Waals surface area contributed by atoms with Crippen molar-refractivity contribution in [3.05, 3.63) is 35.4 Å². The van der Waals surface area contributed by atoms with E-state index in [1.54, 1.807) is 0 Å². The van der Waals surface area contributed by atoms with Crippen molar-refractivity contribution in [2.45, 2.75) is 25.4 Å². The Bertz CT molecular complexity index is 314. The summed E-state index contributed by atoms with van der Waals surface area (Å²) in [4.78, 5) is 5.22. The molecule has 2 atom stereocenters. The predicted octanol–water partition coefficient (Wildman–Crippen LogP) is 1.67. The zero-order valence-corrected chi connectivity index (χ0v) is 8.36. The summed E-state index contributed by atoms with van der Waals surface area (Å²) in [5, 5.41) is 0. The zero-order chi connectivity index (χ0) is 9.97. The van der Waals surface area contributed by atoms with Crippen molar-refractivity contribution in [1.29, 1.82) is 0 Å². The van der Waals surface area contributed by atoms with Gasteiger partial charge in [-0.05, 0) is 24.5 Å². The molecule has 3 nitrogen and oxygen atoms in total. The molecule has 76 valence electrons. The molecule has 0 spiro atoms. The van der Waals surface area contributed by atoms with Crippen molar-refractivity contribution < 1.29 is 4.84 Å². The van der Waals surface area contributed by atoms with Crippen LogP contribution in [0.4, 0.5) is 0 Å². The summed E-state index contributed by atoms with van der Waals surface area (Å²) in [5.74, 6) is 0. The van der Waals surface area contributed by atoms with E-state index < -0.39 is 0 Å². The van der Waals surface area contributed by atoms with Gasteiger partial charge in [0, 0.05) is 6.04 Å². The van der Waals surface area contributed by atoms with Gasteiger partial charge in [0.15, 0.2) is 0 Å². The van der Waals surface area contributed by atoms with Gasteiger partial charge in [0.2, 0.25) is 0 Å². The van der Waals surface area contributed by atoms with E-state index in [-0.39, 0.29) is 12.1 Å². The number of nitrogens with two attached hydrogens (primary N) is 1. The molecule has 0 saturated heterocycles. The Morgan fingerprint density at radius 3 is 2.86 bits per heavy atom. The molecular formula is C11H16N2O. The Morgan fingerprint density at radius 1 is 1.43 bits per heavy atom. The molecule has 14 heavy (non-hydrogen) atoms. The first-order chi connectivity index (χ1) is 6.83. The van der Waals surface area contributed by atoms with Crippen LogP contribution in [0.15, 0.2) is 24.3 Å². The van der Waals surface area contributed by atoms with E-state index >= 15 is 0 Å². The van der Waals surface area contributed by atoms with E-state index in [9.17, 15) is 0 Å². The van der Waals surface area contributed by atoms with Crippen LogP contribution in [0.1, 0.15) is 36.6 Å². The lowest BCUT2D eigenvalue weighted by atomic mass is 10.1. The van der Waals surface area contributed by atoms with Crippen LogP contribution in [0.5, 0.6) is 0 Å². The van der Waals surface area contributed by atoms with Crippen molar-refractivity contribution in [3.8, 4) is 0 Å². The molecule has 3 heteroatoms. The maximum absolute atomic E-state index is 6.01. The third-order valence-electron chi connectivity index (χ3n) is 2.63. The van der Waals surface area contributed by atoms with Crippen LogP contribution in [0.2, 0.25) is 0 Å². The quantitative estimate of drug-likeness (QED) is 0.716. The van der Waals surface area contributed by atoms with E-state index in [2.05, 4.69) is 17.6 Å². The van der Waals surface area contributed by atoms with Gasteiger partial charge in [-0.15, -0.1) is 0 Å². The van der Waals surface area contributed by atoms with E-state index in [1.807, 2.05) is 19.1 Å². The van der Waals surface area contributed by atoms with Crippen molar-refractivity contribution in [3.63, 3.8) is 0 Å². The van der Waals surface area contributed by atoms with Gasteiger partial charge in [-0.1, -0.05) is 24.3 Å². The Labute approximate surface area is 84.2 Å². The molecule has 1 aliphatic rings. The molecule has 0 heterocycles. The molecule has 1 aliphatic carbocycles. The number of hydrogen-bond donors (Lipinski definition) is 2. The number of fused-ring (bicyclic) bond motifs is 1. The average Bonchev–Trinajstić information content (AvgIpc) is 2.54. The van der Waals surface area contributed by atoms with E-state index in [0.29, 0.717) is 6.61 Å². The molecule has 1 aromatic rings. The number of hydroxylamine groups is 1. The SMILES string of the molecule is CCONC1CC(N)c2ccccc21. The Balaban J connectivity index is 2.17. The molecule has 0 aromatic heterocycles. The summed E-state index contributed by atoms with van der Waals surface area (Å²) < 4.78 is 0. The minimum atomic E-state index is 0.143. The number of hydrogen-bond acceptors (Lipinski definition) is 3. The summed E-state index contributed by atoms with van der Waals surface area (Å²) in [6.45, 7) is 2.64. The smallest absolute Gasteiger partial charge is 0.0654 e. The second kappa shape index (κ2) is 4.09. The van der Waals surface area contributed by atoms with Gasteiger partial charge < -0.3 is 10.6 Å². The van der Waals surface area contributed by atoms with Crippen LogP contribution in [-0.4, -0.2) is 6.61 Å². The lowest BCUT2D eigenvalue weighted by Gasteiger charge is -2.12. The van der Waals surface area contributed by atoms with Crippen molar-refractivity contribution >= 4 is 0 Å². The van der Waals surface area contributed by atoms with Crippen LogP contribution in [-0.2, 0) is 4.84 Å². The van der Waals surface area contributed by atoms with E-state index in [0.717, 1.165) is 6.42 Å². The minimum Gasteiger partial charge on any atom is -0.324 e. The standard InChI is InChI=1S/C11H16N2O/c1-2-14-13-11-7-10(12)8-5-3-4-6-9(8)11/h3-6,10-11,13H,2,7,12H2,1H3. The topological polar surface area (TPSA) is 47.3 Å². The van der Waals surface area contributed by atoms with Gasteiger partial charge in [-0.3, -0.25) is 0 Å². The molecular weight excluding hydrogens is 176 g/mol. The van der Waals surface area contributed by atoms with E-state index in [1.165, 1.54) is 11.1 Å². The van der Waals surface area contributed by atoms with Crippen LogP contribution in [0, 0.1) is 0 Å².